The van der Waals surface area contributed by atoms with E-state index in [4.69, 9.17) is 9.73 Å². The van der Waals surface area contributed by atoms with Crippen molar-refractivity contribution in [3.05, 3.63) is 127 Å². The molecule has 0 radical (unpaired) electrons. The molecule has 8 nitrogen and oxygen atoms in total. The van der Waals surface area contributed by atoms with Crippen LogP contribution in [0.15, 0.2) is 121 Å². The van der Waals surface area contributed by atoms with Crippen LogP contribution < -0.4 is 15.0 Å². The fourth-order valence-electron chi connectivity index (χ4n) is 6.13. The lowest BCUT2D eigenvalue weighted by atomic mass is 9.82. The quantitative estimate of drug-likeness (QED) is 0.192. The van der Waals surface area contributed by atoms with E-state index >= 15 is 0 Å². The van der Waals surface area contributed by atoms with Gasteiger partial charge >= 0.3 is 5.97 Å². The summed E-state index contributed by atoms with van der Waals surface area (Å²) in [5.74, 6) is -2.60. The third kappa shape index (κ3) is 8.14. The molecule has 2 aliphatic rings. The number of carbonyl (C=O) groups excluding carboxylic acids is 2. The van der Waals surface area contributed by atoms with Gasteiger partial charge in [0, 0.05) is 11.5 Å². The van der Waals surface area contributed by atoms with E-state index in [0.29, 0.717) is 35.7 Å². The van der Waals surface area contributed by atoms with Gasteiger partial charge < -0.3 is 20.1 Å². The summed E-state index contributed by atoms with van der Waals surface area (Å²) in [4.78, 5) is 47.4. The smallest absolute Gasteiger partial charge is 0.307 e. The van der Waals surface area contributed by atoms with Crippen molar-refractivity contribution in [3.63, 3.8) is 0 Å². The molecule has 3 aromatic carbocycles. The molecular formula is C39H41N3O5. The van der Waals surface area contributed by atoms with Crippen LogP contribution in [-0.2, 0) is 20.9 Å². The Morgan fingerprint density at radius 1 is 1.02 bits per heavy atom. The number of benzene rings is 3. The highest BCUT2D eigenvalue weighted by atomic mass is 16.5. The second-order valence-corrected chi connectivity index (χ2v) is 12.3. The van der Waals surface area contributed by atoms with Crippen molar-refractivity contribution >= 4 is 29.2 Å². The molecule has 1 aliphatic heterocycles. The highest BCUT2D eigenvalue weighted by molar-refractivity contribution is 6.14. The van der Waals surface area contributed by atoms with Crippen LogP contribution in [0.25, 0.3) is 0 Å². The molecule has 0 bridgehead atoms. The van der Waals surface area contributed by atoms with Gasteiger partial charge in [-0.05, 0) is 61.1 Å². The van der Waals surface area contributed by atoms with Crippen molar-refractivity contribution in [3.8, 4) is 11.5 Å². The first-order valence-corrected chi connectivity index (χ1v) is 16.0. The van der Waals surface area contributed by atoms with E-state index in [0.717, 1.165) is 11.1 Å². The molecule has 3 aromatic rings. The van der Waals surface area contributed by atoms with E-state index in [-0.39, 0.29) is 24.8 Å². The van der Waals surface area contributed by atoms with Crippen LogP contribution in [0.4, 0.5) is 5.69 Å². The van der Waals surface area contributed by atoms with E-state index < -0.39 is 35.8 Å². The predicted molar refractivity (Wildman–Crippen MR) is 184 cm³/mol. The molecule has 2 amide bonds. The number of fused-ring (bicyclic) bond motifs is 1. The van der Waals surface area contributed by atoms with Gasteiger partial charge in [0.15, 0.2) is 0 Å². The standard InChI is InChI=1S/C39H41N3O5/c1-4-14-31(39(45)46)33(23-26(2)3)37(43)41-36-38(44)42(25-27-15-13-20-30(24-27)47-29-18-9-6-10-19-29)34-22-12-11-21-32(34)35(40-36)28-16-7-5-8-17-28/h4-13,15-16,18-22,24,26,28,31,33,36H,1,14,17,23,25H2,2-3H3,(H,41,43)(H,45,46)/t28?,31-,33?,36?/m0/s1. The van der Waals surface area contributed by atoms with Gasteiger partial charge in [-0.3, -0.25) is 19.4 Å². The monoisotopic (exact) mass is 631 g/mol. The number of hydrogen-bond acceptors (Lipinski definition) is 5. The van der Waals surface area contributed by atoms with E-state index in [1.165, 1.54) is 6.08 Å². The Hall–Kier alpha value is -5.24. The zero-order valence-electron chi connectivity index (χ0n) is 26.8. The summed E-state index contributed by atoms with van der Waals surface area (Å²) in [5, 5.41) is 12.9. The van der Waals surface area contributed by atoms with Gasteiger partial charge in [0.1, 0.15) is 11.5 Å². The number of aliphatic carboxylic acids is 1. The van der Waals surface area contributed by atoms with E-state index in [9.17, 15) is 19.5 Å². The summed E-state index contributed by atoms with van der Waals surface area (Å²) >= 11 is 0. The lowest BCUT2D eigenvalue weighted by Crippen LogP contribution is -2.50. The SMILES string of the molecule is C=CC[C@H](C(=O)O)C(CC(C)C)C(=O)NC1N=C(C2C=CC=CC2)c2ccccc2N(Cc2cccc(Oc3ccccc3)c2)C1=O. The maximum Gasteiger partial charge on any atom is 0.307 e. The Morgan fingerprint density at radius 3 is 2.47 bits per heavy atom. The van der Waals surface area contributed by atoms with E-state index in [1.807, 2.05) is 111 Å². The minimum Gasteiger partial charge on any atom is -0.481 e. The van der Waals surface area contributed by atoms with Gasteiger partial charge in [0.05, 0.1) is 29.8 Å². The molecule has 242 valence electrons. The molecule has 0 saturated heterocycles. The van der Waals surface area contributed by atoms with Gasteiger partial charge in [-0.2, -0.15) is 0 Å². The van der Waals surface area contributed by atoms with Crippen molar-refractivity contribution in [2.45, 2.75) is 45.8 Å². The van der Waals surface area contributed by atoms with Gasteiger partial charge in [-0.1, -0.05) is 92.8 Å². The molecule has 5 rings (SSSR count). The van der Waals surface area contributed by atoms with Crippen LogP contribution in [-0.4, -0.2) is 34.8 Å². The van der Waals surface area contributed by atoms with Crippen molar-refractivity contribution in [1.29, 1.82) is 0 Å². The number of carboxylic acids is 1. The molecule has 1 heterocycles. The summed E-state index contributed by atoms with van der Waals surface area (Å²) in [6.07, 6.45) is 9.44. The van der Waals surface area contributed by atoms with Crippen LogP contribution in [0.5, 0.6) is 11.5 Å². The van der Waals surface area contributed by atoms with Gasteiger partial charge in [0.2, 0.25) is 12.1 Å². The van der Waals surface area contributed by atoms with E-state index in [1.54, 1.807) is 4.90 Å². The summed E-state index contributed by atoms with van der Waals surface area (Å²) in [5.41, 5.74) is 2.99. The van der Waals surface area contributed by atoms with Crippen molar-refractivity contribution in [1.82, 2.24) is 5.32 Å². The molecule has 47 heavy (non-hydrogen) atoms. The van der Waals surface area contributed by atoms with Crippen molar-refractivity contribution < 1.29 is 24.2 Å². The van der Waals surface area contributed by atoms with Crippen LogP contribution in [0.2, 0.25) is 0 Å². The van der Waals surface area contributed by atoms with Gasteiger partial charge in [-0.15, -0.1) is 6.58 Å². The zero-order chi connectivity index (χ0) is 33.3. The van der Waals surface area contributed by atoms with Crippen LogP contribution >= 0.6 is 0 Å². The number of nitrogens with zero attached hydrogens (tertiary/aromatic N) is 2. The normalized spacial score (nSPS) is 18.5. The number of allylic oxidation sites excluding steroid dienone is 5. The molecule has 0 spiro atoms. The first kappa shape index (κ1) is 33.1. The van der Waals surface area contributed by atoms with Crippen LogP contribution in [0.3, 0.4) is 0 Å². The molecule has 2 N–H and O–H groups in total. The number of amides is 2. The average molecular weight is 632 g/mol. The Balaban J connectivity index is 1.53. The average Bonchev–Trinajstić information content (AvgIpc) is 3.18. The fourth-order valence-corrected chi connectivity index (χ4v) is 6.13. The number of aliphatic imine (C=N–C) groups is 1. The number of hydrogen-bond donors (Lipinski definition) is 2. The van der Waals surface area contributed by atoms with Gasteiger partial charge in [-0.25, -0.2) is 0 Å². The highest BCUT2D eigenvalue weighted by Gasteiger charge is 2.38. The number of para-hydroxylation sites is 2. The second-order valence-electron chi connectivity index (χ2n) is 12.3. The topological polar surface area (TPSA) is 108 Å². The molecule has 1 aliphatic carbocycles. The first-order chi connectivity index (χ1) is 22.7. The number of rotatable bonds is 13. The Morgan fingerprint density at radius 2 is 1.77 bits per heavy atom. The lowest BCUT2D eigenvalue weighted by molar-refractivity contribution is -0.147. The zero-order valence-corrected chi connectivity index (χ0v) is 26.8. The number of benzodiazepines with no additional fused rings is 1. The Kier molecular flexibility index (Phi) is 10.8. The highest BCUT2D eigenvalue weighted by Crippen LogP contribution is 2.33. The summed E-state index contributed by atoms with van der Waals surface area (Å²) in [6.45, 7) is 7.79. The predicted octanol–water partition coefficient (Wildman–Crippen LogP) is 7.33. The van der Waals surface area contributed by atoms with Crippen LogP contribution in [0, 0.1) is 23.7 Å². The largest absolute Gasteiger partial charge is 0.481 e. The molecule has 4 atom stereocenters. The fraction of sp³-hybridized carbons (Fsp3) is 0.282. The summed E-state index contributed by atoms with van der Waals surface area (Å²) in [7, 11) is 0. The third-order valence-corrected chi connectivity index (χ3v) is 8.35. The number of ether oxygens (including phenoxy) is 1. The minimum absolute atomic E-state index is 0.0478. The maximum atomic E-state index is 14.5. The summed E-state index contributed by atoms with van der Waals surface area (Å²) in [6, 6.07) is 24.7. The van der Waals surface area contributed by atoms with Crippen molar-refractivity contribution in [2.75, 3.05) is 4.90 Å². The summed E-state index contributed by atoms with van der Waals surface area (Å²) < 4.78 is 6.07. The van der Waals surface area contributed by atoms with Gasteiger partial charge in [0.25, 0.3) is 5.91 Å². The van der Waals surface area contributed by atoms with Crippen molar-refractivity contribution in [2.24, 2.45) is 28.7 Å². The van der Waals surface area contributed by atoms with E-state index in [2.05, 4.69) is 18.0 Å². The minimum atomic E-state index is -1.26. The Bertz CT molecular complexity index is 1690. The molecule has 0 aromatic heterocycles. The molecule has 0 saturated carbocycles. The first-order valence-electron chi connectivity index (χ1n) is 16.0. The molecule has 3 unspecified atom stereocenters. The number of carbonyl (C=O) groups is 3. The Labute approximate surface area is 276 Å². The maximum absolute atomic E-state index is 14.5. The number of carboxylic acid groups (broad SMARTS) is 1. The number of nitrogens with one attached hydrogen (secondary N) is 1. The number of anilines is 1. The second kappa shape index (κ2) is 15.4. The molecular weight excluding hydrogens is 590 g/mol. The third-order valence-electron chi connectivity index (χ3n) is 8.35. The van der Waals surface area contributed by atoms with Crippen LogP contribution in [0.1, 0.15) is 44.2 Å². The lowest BCUT2D eigenvalue weighted by Gasteiger charge is -2.28. The molecule has 8 heteroatoms. The molecule has 0 fully saturated rings.